The van der Waals surface area contributed by atoms with E-state index in [-0.39, 0.29) is 24.6 Å². The van der Waals surface area contributed by atoms with Crippen LogP contribution in [0.2, 0.25) is 0 Å². The van der Waals surface area contributed by atoms with Gasteiger partial charge in [-0.25, -0.2) is 0 Å². The van der Waals surface area contributed by atoms with Gasteiger partial charge in [-0.2, -0.15) is 0 Å². The number of rotatable bonds is 3. The van der Waals surface area contributed by atoms with Crippen molar-refractivity contribution >= 4 is 23.3 Å². The van der Waals surface area contributed by atoms with Crippen molar-refractivity contribution in [2.24, 2.45) is 7.05 Å². The van der Waals surface area contributed by atoms with Crippen molar-refractivity contribution in [1.82, 2.24) is 14.5 Å². The van der Waals surface area contributed by atoms with Crippen LogP contribution in [0, 0.1) is 6.92 Å². The highest BCUT2D eigenvalue weighted by molar-refractivity contribution is 5.87. The topological polar surface area (TPSA) is 59.2 Å². The highest BCUT2D eigenvalue weighted by Gasteiger charge is 2.18. The van der Waals surface area contributed by atoms with E-state index in [0.717, 1.165) is 53.0 Å². The lowest BCUT2D eigenvalue weighted by Crippen LogP contribution is -2.24. The molecule has 5 nitrogen and oxygen atoms in total. The monoisotopic (exact) mass is 435 g/mol. The van der Waals surface area contributed by atoms with Gasteiger partial charge >= 0.3 is 0 Å². The maximum absolute atomic E-state index is 13.0. The summed E-state index contributed by atoms with van der Waals surface area (Å²) >= 11 is 0. The fourth-order valence-corrected chi connectivity index (χ4v) is 4.64. The summed E-state index contributed by atoms with van der Waals surface area (Å²) in [6.07, 6.45) is 2.89. The lowest BCUT2D eigenvalue weighted by molar-refractivity contribution is 0.282. The second-order valence-corrected chi connectivity index (χ2v) is 8.04. The number of aliphatic hydroxyl groups excluding tert-OH is 1. The second kappa shape index (κ2) is 8.35. The van der Waals surface area contributed by atoms with Gasteiger partial charge in [-0.15, -0.1) is 12.4 Å². The molecule has 0 amide bonds. The molecule has 0 radical (unpaired) electrons. The van der Waals surface area contributed by atoms with Gasteiger partial charge in [-0.3, -0.25) is 9.36 Å². The Balaban J connectivity index is 0.00000231. The van der Waals surface area contributed by atoms with Crippen LogP contribution in [-0.2, 0) is 26.6 Å². The highest BCUT2D eigenvalue weighted by atomic mass is 35.5. The fraction of sp³-hybridized carbons (Fsp3) is 0.240. The van der Waals surface area contributed by atoms with Crippen LogP contribution in [0.4, 0.5) is 0 Å². The first kappa shape index (κ1) is 21.4. The first-order valence-electron chi connectivity index (χ1n) is 10.3. The lowest BCUT2D eigenvalue weighted by atomic mass is 9.99. The maximum Gasteiger partial charge on any atom is 0.255 e. The van der Waals surface area contributed by atoms with Crippen molar-refractivity contribution in [2.45, 2.75) is 26.5 Å². The molecule has 2 N–H and O–H groups in total. The first-order chi connectivity index (χ1) is 14.6. The third kappa shape index (κ3) is 3.59. The molecule has 1 aliphatic heterocycles. The van der Waals surface area contributed by atoms with Crippen LogP contribution in [-0.4, -0.2) is 20.8 Å². The van der Waals surface area contributed by atoms with Crippen LogP contribution < -0.4 is 10.9 Å². The van der Waals surface area contributed by atoms with Crippen molar-refractivity contribution in [3.05, 3.63) is 87.5 Å². The number of hydrogen-bond acceptors (Lipinski definition) is 3. The Morgan fingerprint density at radius 3 is 2.68 bits per heavy atom. The van der Waals surface area contributed by atoms with E-state index in [1.165, 1.54) is 16.6 Å². The number of aromatic nitrogens is 2. The van der Waals surface area contributed by atoms with E-state index in [2.05, 4.69) is 29.1 Å². The average molecular weight is 436 g/mol. The number of hydrogen-bond donors (Lipinski definition) is 2. The summed E-state index contributed by atoms with van der Waals surface area (Å²) < 4.78 is 3.94. The molecule has 0 saturated heterocycles. The molecule has 5 rings (SSSR count). The van der Waals surface area contributed by atoms with Crippen molar-refractivity contribution in [2.75, 3.05) is 6.54 Å². The minimum absolute atomic E-state index is 0. The van der Waals surface area contributed by atoms with Crippen molar-refractivity contribution in [1.29, 1.82) is 0 Å². The van der Waals surface area contributed by atoms with E-state index in [1.807, 2.05) is 43.5 Å². The molecule has 6 heteroatoms. The summed E-state index contributed by atoms with van der Waals surface area (Å²) in [5.74, 6) is 0. The number of aryl methyl sites for hydroxylation is 2. The Morgan fingerprint density at radius 1 is 1.10 bits per heavy atom. The molecule has 0 aliphatic carbocycles. The first-order valence-corrected chi connectivity index (χ1v) is 10.3. The third-order valence-corrected chi connectivity index (χ3v) is 6.25. The summed E-state index contributed by atoms with van der Waals surface area (Å²) in [5, 5.41) is 14.0. The molecule has 4 aromatic rings. The molecule has 1 aliphatic rings. The van der Waals surface area contributed by atoms with E-state index < -0.39 is 0 Å². The second-order valence-electron chi connectivity index (χ2n) is 8.04. The molecule has 160 valence electrons. The zero-order valence-corrected chi connectivity index (χ0v) is 18.5. The number of fused-ring (bicyclic) bond motifs is 3. The Kier molecular flexibility index (Phi) is 5.75. The van der Waals surface area contributed by atoms with Gasteiger partial charge in [0.25, 0.3) is 5.56 Å². The van der Waals surface area contributed by atoms with E-state index in [9.17, 15) is 9.90 Å². The van der Waals surface area contributed by atoms with Gasteiger partial charge in [-0.05, 0) is 65.9 Å². The number of benzene rings is 2. The number of nitrogens with zero attached hydrogens (tertiary/aromatic N) is 2. The Labute approximate surface area is 187 Å². The zero-order chi connectivity index (χ0) is 20.8. The minimum Gasteiger partial charge on any atom is -0.392 e. The number of aliphatic hydroxyl groups is 1. The smallest absolute Gasteiger partial charge is 0.255 e. The lowest BCUT2D eigenvalue weighted by Gasteiger charge is -2.14. The minimum atomic E-state index is -0.0573. The summed E-state index contributed by atoms with van der Waals surface area (Å²) in [7, 11) is 2.10. The van der Waals surface area contributed by atoms with Crippen molar-refractivity contribution in [3.8, 4) is 16.8 Å². The molecular formula is C25H26ClN3O2. The molecule has 0 atom stereocenters. The molecule has 3 heterocycles. The summed E-state index contributed by atoms with van der Waals surface area (Å²) in [4.78, 5) is 13.0. The van der Waals surface area contributed by atoms with Crippen LogP contribution in [0.3, 0.4) is 0 Å². The normalized spacial score (nSPS) is 13.1. The van der Waals surface area contributed by atoms with Gasteiger partial charge in [0, 0.05) is 36.9 Å². The Hall–Kier alpha value is -2.86. The summed E-state index contributed by atoms with van der Waals surface area (Å²) in [6, 6.07) is 15.8. The fourth-order valence-electron chi connectivity index (χ4n) is 4.64. The summed E-state index contributed by atoms with van der Waals surface area (Å²) in [5.41, 5.74) is 8.54. The van der Waals surface area contributed by atoms with E-state index >= 15 is 0 Å². The van der Waals surface area contributed by atoms with Crippen LogP contribution >= 0.6 is 12.4 Å². The number of pyridine rings is 1. The molecule has 0 spiro atoms. The van der Waals surface area contributed by atoms with Gasteiger partial charge in [0.1, 0.15) is 0 Å². The van der Waals surface area contributed by atoms with E-state index in [4.69, 9.17) is 0 Å². The van der Waals surface area contributed by atoms with Gasteiger partial charge < -0.3 is 15.0 Å². The largest absolute Gasteiger partial charge is 0.392 e. The number of nitrogens with one attached hydrogen (secondary N) is 1. The molecular weight excluding hydrogens is 410 g/mol. The summed E-state index contributed by atoms with van der Waals surface area (Å²) in [6.45, 7) is 3.91. The van der Waals surface area contributed by atoms with Crippen LogP contribution in [0.25, 0.3) is 27.7 Å². The van der Waals surface area contributed by atoms with Crippen LogP contribution in [0.1, 0.15) is 22.4 Å². The average Bonchev–Trinajstić information content (AvgIpc) is 3.05. The van der Waals surface area contributed by atoms with Crippen molar-refractivity contribution in [3.63, 3.8) is 0 Å². The molecule has 2 aromatic heterocycles. The highest BCUT2D eigenvalue weighted by Crippen LogP contribution is 2.29. The standard InChI is InChI=1S/C25H25N3O2.ClH/c1-16-11-17(15-29)3-5-20(16)18-8-10-28(25(30)12-18)19-4-6-21-22-7-9-26-14-24(22)27(2)23(21)13-19;/h3-6,8,10-13,26,29H,7,9,14-15H2,1-2H3;1H. The van der Waals surface area contributed by atoms with E-state index in [0.29, 0.717) is 0 Å². The van der Waals surface area contributed by atoms with Crippen LogP contribution in [0.5, 0.6) is 0 Å². The molecule has 31 heavy (non-hydrogen) atoms. The molecule has 0 unspecified atom stereocenters. The number of halogens is 1. The van der Waals surface area contributed by atoms with Gasteiger partial charge in [0.15, 0.2) is 0 Å². The van der Waals surface area contributed by atoms with Gasteiger partial charge in [-0.1, -0.05) is 24.3 Å². The molecule has 0 bridgehead atoms. The van der Waals surface area contributed by atoms with E-state index in [1.54, 1.807) is 10.6 Å². The van der Waals surface area contributed by atoms with Crippen LogP contribution in [0.15, 0.2) is 59.5 Å². The Bertz CT molecular complexity index is 1340. The molecule has 0 fully saturated rings. The molecule has 0 saturated carbocycles. The quantitative estimate of drug-likeness (QED) is 0.513. The zero-order valence-electron chi connectivity index (χ0n) is 17.7. The predicted molar refractivity (Wildman–Crippen MR) is 127 cm³/mol. The SMILES string of the molecule is Cc1cc(CO)ccc1-c1ccn(-c2ccc3c4c(n(C)c3c2)CNCC4)c(=O)c1.Cl. The predicted octanol–water partition coefficient (Wildman–Crippen LogP) is 3.86. The van der Waals surface area contributed by atoms with Crippen molar-refractivity contribution < 1.29 is 5.11 Å². The van der Waals surface area contributed by atoms with Gasteiger partial charge in [0.2, 0.25) is 0 Å². The Morgan fingerprint density at radius 2 is 1.94 bits per heavy atom. The molecule has 2 aromatic carbocycles. The third-order valence-electron chi connectivity index (χ3n) is 6.25. The maximum atomic E-state index is 13.0. The van der Waals surface area contributed by atoms with Gasteiger partial charge in [0.05, 0.1) is 17.8 Å².